The highest BCUT2D eigenvalue weighted by molar-refractivity contribution is 5.95. The third-order valence-electron chi connectivity index (χ3n) is 3.23. The van der Waals surface area contributed by atoms with Crippen LogP contribution in [0.3, 0.4) is 0 Å². The van der Waals surface area contributed by atoms with Crippen molar-refractivity contribution in [1.29, 1.82) is 0 Å². The lowest BCUT2D eigenvalue weighted by atomic mass is 10.3. The van der Waals surface area contributed by atoms with Crippen LogP contribution < -0.4 is 20.1 Å². The standard InChI is InChI=1S/C19H17F3N2O6/c20-19(21,22)12-23-18(27)24-16(25)10-29-17(26)11-28-13-6-8-15(9-7-13)30-14-4-2-1-3-5-14/h1-9H,10-12H2,(H2,23,24,25,27). The Hall–Kier alpha value is -3.76. The van der Waals surface area contributed by atoms with E-state index in [4.69, 9.17) is 9.47 Å². The Morgan fingerprint density at radius 1 is 0.833 bits per heavy atom. The molecule has 0 aliphatic rings. The number of carbonyl (C=O) groups excluding carboxylic acids is 3. The lowest BCUT2D eigenvalue weighted by molar-refractivity contribution is -0.150. The SMILES string of the molecule is O=C(COC(=O)COc1ccc(Oc2ccccc2)cc1)NC(=O)NCC(F)(F)F. The van der Waals surface area contributed by atoms with Gasteiger partial charge in [-0.05, 0) is 36.4 Å². The molecular weight excluding hydrogens is 409 g/mol. The van der Waals surface area contributed by atoms with Crippen molar-refractivity contribution < 1.29 is 41.8 Å². The molecule has 0 atom stereocenters. The molecule has 0 fully saturated rings. The van der Waals surface area contributed by atoms with Crippen LogP contribution in [0.15, 0.2) is 54.6 Å². The number of imide groups is 1. The number of carbonyl (C=O) groups is 3. The minimum Gasteiger partial charge on any atom is -0.482 e. The number of ether oxygens (including phenoxy) is 3. The normalized spacial score (nSPS) is 10.6. The second-order valence-electron chi connectivity index (χ2n) is 5.68. The van der Waals surface area contributed by atoms with E-state index in [-0.39, 0.29) is 0 Å². The summed E-state index contributed by atoms with van der Waals surface area (Å²) in [5, 5.41) is 3.02. The smallest absolute Gasteiger partial charge is 0.405 e. The molecule has 0 radical (unpaired) electrons. The van der Waals surface area contributed by atoms with Crippen molar-refractivity contribution in [3.63, 3.8) is 0 Å². The maximum atomic E-state index is 11.9. The van der Waals surface area contributed by atoms with Crippen molar-refractivity contribution in [2.24, 2.45) is 0 Å². The van der Waals surface area contributed by atoms with E-state index in [0.717, 1.165) is 0 Å². The number of benzene rings is 2. The molecule has 30 heavy (non-hydrogen) atoms. The Bertz CT molecular complexity index is 857. The molecule has 3 amide bonds. The first-order chi connectivity index (χ1) is 14.2. The molecule has 0 aliphatic carbocycles. The average Bonchev–Trinajstić information content (AvgIpc) is 2.70. The lowest BCUT2D eigenvalue weighted by Crippen LogP contribution is -2.44. The van der Waals surface area contributed by atoms with Gasteiger partial charge in [0, 0.05) is 0 Å². The molecule has 2 rings (SSSR count). The third-order valence-corrected chi connectivity index (χ3v) is 3.23. The quantitative estimate of drug-likeness (QED) is 0.630. The summed E-state index contributed by atoms with van der Waals surface area (Å²) in [5.41, 5.74) is 0. The number of hydrogen-bond acceptors (Lipinski definition) is 6. The number of alkyl halides is 3. The largest absolute Gasteiger partial charge is 0.482 e. The maximum absolute atomic E-state index is 11.9. The number of halogens is 3. The van der Waals surface area contributed by atoms with Crippen molar-refractivity contribution in [3.8, 4) is 17.2 Å². The minimum absolute atomic E-state index is 0.336. The van der Waals surface area contributed by atoms with E-state index in [1.165, 1.54) is 5.32 Å². The molecule has 0 saturated carbocycles. The van der Waals surface area contributed by atoms with Gasteiger partial charge in [0.15, 0.2) is 13.2 Å². The number of nitrogens with one attached hydrogen (secondary N) is 2. The molecule has 2 N–H and O–H groups in total. The number of para-hydroxylation sites is 1. The molecule has 0 aromatic heterocycles. The molecule has 0 spiro atoms. The first kappa shape index (κ1) is 22.5. The summed E-state index contributed by atoms with van der Waals surface area (Å²) in [4.78, 5) is 34.0. The summed E-state index contributed by atoms with van der Waals surface area (Å²) in [6.07, 6.45) is -4.62. The molecule has 2 aromatic carbocycles. The molecule has 0 heterocycles. The first-order valence-corrected chi connectivity index (χ1v) is 8.47. The molecule has 0 unspecified atom stereocenters. The summed E-state index contributed by atoms with van der Waals surface area (Å²) in [7, 11) is 0. The van der Waals surface area contributed by atoms with Crippen molar-refractivity contribution in [2.45, 2.75) is 6.18 Å². The molecule has 8 nitrogen and oxygen atoms in total. The number of hydrogen-bond donors (Lipinski definition) is 2. The second-order valence-corrected chi connectivity index (χ2v) is 5.68. The molecule has 2 aromatic rings. The predicted octanol–water partition coefficient (Wildman–Crippen LogP) is 2.79. The zero-order valence-electron chi connectivity index (χ0n) is 15.4. The maximum Gasteiger partial charge on any atom is 0.405 e. The second kappa shape index (κ2) is 10.7. The zero-order chi connectivity index (χ0) is 22.0. The van der Waals surface area contributed by atoms with Crippen LogP contribution in [0.1, 0.15) is 0 Å². The Balaban J connectivity index is 1.66. The van der Waals surface area contributed by atoms with Gasteiger partial charge in [0.05, 0.1) is 0 Å². The van der Waals surface area contributed by atoms with Crippen LogP contribution in [0.4, 0.5) is 18.0 Å². The number of rotatable bonds is 8. The number of amides is 3. The van der Waals surface area contributed by atoms with Gasteiger partial charge in [-0.2, -0.15) is 13.2 Å². The summed E-state index contributed by atoms with van der Waals surface area (Å²) in [6, 6.07) is 14.1. The van der Waals surface area contributed by atoms with Crippen molar-refractivity contribution in [3.05, 3.63) is 54.6 Å². The molecular formula is C19H17F3N2O6. The van der Waals surface area contributed by atoms with Gasteiger partial charge in [0.2, 0.25) is 0 Å². The van der Waals surface area contributed by atoms with Gasteiger partial charge in [-0.3, -0.25) is 10.1 Å². The fourth-order valence-electron chi connectivity index (χ4n) is 1.95. The van der Waals surface area contributed by atoms with Crippen molar-refractivity contribution >= 4 is 17.9 Å². The van der Waals surface area contributed by atoms with Crippen LogP contribution in [-0.2, 0) is 14.3 Å². The minimum atomic E-state index is -4.62. The van der Waals surface area contributed by atoms with E-state index in [2.05, 4.69) is 4.74 Å². The molecule has 0 aliphatic heterocycles. The van der Waals surface area contributed by atoms with Gasteiger partial charge in [0.25, 0.3) is 5.91 Å². The molecule has 11 heteroatoms. The van der Waals surface area contributed by atoms with Crippen LogP contribution in [0.25, 0.3) is 0 Å². The highest BCUT2D eigenvalue weighted by atomic mass is 19.4. The van der Waals surface area contributed by atoms with E-state index in [0.29, 0.717) is 17.2 Å². The Morgan fingerprint density at radius 2 is 1.43 bits per heavy atom. The van der Waals surface area contributed by atoms with Crippen LogP contribution >= 0.6 is 0 Å². The summed E-state index contributed by atoms with van der Waals surface area (Å²) >= 11 is 0. The van der Waals surface area contributed by atoms with Crippen molar-refractivity contribution in [1.82, 2.24) is 10.6 Å². The van der Waals surface area contributed by atoms with E-state index in [1.54, 1.807) is 41.7 Å². The predicted molar refractivity (Wildman–Crippen MR) is 97.0 cm³/mol. The van der Waals surface area contributed by atoms with Gasteiger partial charge in [0.1, 0.15) is 23.8 Å². The molecule has 0 bridgehead atoms. The number of urea groups is 1. The fraction of sp³-hybridized carbons (Fsp3) is 0.211. The van der Waals surface area contributed by atoms with E-state index < -0.39 is 43.8 Å². The van der Waals surface area contributed by atoms with E-state index in [1.807, 2.05) is 18.2 Å². The van der Waals surface area contributed by atoms with Gasteiger partial charge in [-0.1, -0.05) is 18.2 Å². The summed E-state index contributed by atoms with van der Waals surface area (Å²) in [6.45, 7) is -2.98. The van der Waals surface area contributed by atoms with Crippen LogP contribution in [0.5, 0.6) is 17.2 Å². The monoisotopic (exact) mass is 426 g/mol. The van der Waals surface area contributed by atoms with Crippen molar-refractivity contribution in [2.75, 3.05) is 19.8 Å². The van der Waals surface area contributed by atoms with Crippen LogP contribution in [-0.4, -0.2) is 43.8 Å². The van der Waals surface area contributed by atoms with Gasteiger partial charge < -0.3 is 19.5 Å². The zero-order valence-corrected chi connectivity index (χ0v) is 15.4. The third kappa shape index (κ3) is 8.95. The average molecular weight is 426 g/mol. The highest BCUT2D eigenvalue weighted by Gasteiger charge is 2.28. The Labute approximate surface area is 168 Å². The van der Waals surface area contributed by atoms with Gasteiger partial charge >= 0.3 is 18.2 Å². The number of esters is 1. The highest BCUT2D eigenvalue weighted by Crippen LogP contribution is 2.23. The van der Waals surface area contributed by atoms with Crippen LogP contribution in [0, 0.1) is 0 Å². The van der Waals surface area contributed by atoms with Gasteiger partial charge in [-0.15, -0.1) is 0 Å². The summed E-state index contributed by atoms with van der Waals surface area (Å²) in [5.74, 6) is -0.462. The first-order valence-electron chi connectivity index (χ1n) is 8.47. The molecule has 160 valence electrons. The fourth-order valence-corrected chi connectivity index (χ4v) is 1.95. The topological polar surface area (TPSA) is 103 Å². The molecule has 0 saturated heterocycles. The Kier molecular flexibility index (Phi) is 8.03. The van der Waals surface area contributed by atoms with Crippen LogP contribution in [0.2, 0.25) is 0 Å². The Morgan fingerprint density at radius 3 is 2.07 bits per heavy atom. The van der Waals surface area contributed by atoms with E-state index in [9.17, 15) is 27.6 Å². The van der Waals surface area contributed by atoms with Gasteiger partial charge in [-0.25, -0.2) is 9.59 Å². The summed E-state index contributed by atoms with van der Waals surface area (Å²) < 4.78 is 51.2. The lowest BCUT2D eigenvalue weighted by Gasteiger charge is -2.10. The van der Waals surface area contributed by atoms with E-state index >= 15 is 0 Å².